The van der Waals surface area contributed by atoms with Gasteiger partial charge in [-0.25, -0.2) is 9.59 Å². The fourth-order valence-corrected chi connectivity index (χ4v) is 2.12. The smallest absolute Gasteiger partial charge is 0.329 e. The number of carbonyl (C=O) groups excluding carboxylic acids is 2. The molecule has 0 aliphatic rings. The summed E-state index contributed by atoms with van der Waals surface area (Å²) in [5.74, 6) is 0.339. The molecule has 24 heavy (non-hydrogen) atoms. The SMILES string of the molecule is COc1ccccc1NC(=O)N[C@H](CC(C)C)C(=O)OC(C)(C)C. The van der Waals surface area contributed by atoms with Gasteiger partial charge < -0.3 is 20.1 Å². The zero-order valence-corrected chi connectivity index (χ0v) is 15.3. The van der Waals surface area contributed by atoms with Crippen molar-refractivity contribution in [1.29, 1.82) is 0 Å². The van der Waals surface area contributed by atoms with E-state index >= 15 is 0 Å². The lowest BCUT2D eigenvalue weighted by Crippen LogP contribution is -2.46. The van der Waals surface area contributed by atoms with Crippen LogP contribution < -0.4 is 15.4 Å². The molecule has 0 saturated heterocycles. The van der Waals surface area contributed by atoms with Crippen molar-refractivity contribution >= 4 is 17.7 Å². The molecule has 6 heteroatoms. The number of hydrogen-bond acceptors (Lipinski definition) is 4. The molecule has 0 aliphatic carbocycles. The highest BCUT2D eigenvalue weighted by atomic mass is 16.6. The van der Waals surface area contributed by atoms with Crippen LogP contribution in [0.2, 0.25) is 0 Å². The number of para-hydroxylation sites is 2. The maximum absolute atomic E-state index is 12.3. The molecule has 0 aliphatic heterocycles. The van der Waals surface area contributed by atoms with Crippen LogP contribution in [0.3, 0.4) is 0 Å². The first-order chi connectivity index (χ1) is 11.1. The second-order valence-electron chi connectivity index (χ2n) is 7.01. The number of rotatable bonds is 6. The van der Waals surface area contributed by atoms with E-state index in [0.717, 1.165) is 0 Å². The molecule has 0 spiro atoms. The molecular formula is C18H28N2O4. The number of anilines is 1. The minimum atomic E-state index is -0.709. The van der Waals surface area contributed by atoms with E-state index in [9.17, 15) is 9.59 Å². The van der Waals surface area contributed by atoms with E-state index in [2.05, 4.69) is 10.6 Å². The van der Waals surface area contributed by atoms with Gasteiger partial charge in [0.05, 0.1) is 12.8 Å². The molecule has 6 nitrogen and oxygen atoms in total. The molecule has 134 valence electrons. The van der Waals surface area contributed by atoms with Crippen molar-refractivity contribution in [3.8, 4) is 5.75 Å². The number of esters is 1. The number of amides is 2. The molecule has 0 fully saturated rings. The summed E-state index contributed by atoms with van der Waals surface area (Å²) in [6.45, 7) is 9.36. The van der Waals surface area contributed by atoms with Crippen molar-refractivity contribution in [3.63, 3.8) is 0 Å². The summed E-state index contributed by atoms with van der Waals surface area (Å²) in [7, 11) is 1.53. The van der Waals surface area contributed by atoms with Crippen LogP contribution in [-0.4, -0.2) is 30.8 Å². The van der Waals surface area contributed by atoms with Crippen LogP contribution in [0, 0.1) is 5.92 Å². The van der Waals surface area contributed by atoms with E-state index < -0.39 is 23.6 Å². The summed E-state index contributed by atoms with van der Waals surface area (Å²) in [5, 5.41) is 5.39. The largest absolute Gasteiger partial charge is 0.495 e. The predicted molar refractivity (Wildman–Crippen MR) is 94.2 cm³/mol. The van der Waals surface area contributed by atoms with Crippen LogP contribution in [-0.2, 0) is 9.53 Å². The van der Waals surface area contributed by atoms with Crippen LogP contribution in [0.5, 0.6) is 5.75 Å². The highest BCUT2D eigenvalue weighted by molar-refractivity contribution is 5.93. The summed E-state index contributed by atoms with van der Waals surface area (Å²) in [6, 6.07) is 5.88. The Hall–Kier alpha value is -2.24. The van der Waals surface area contributed by atoms with Gasteiger partial charge in [-0.1, -0.05) is 26.0 Å². The van der Waals surface area contributed by atoms with E-state index in [1.807, 2.05) is 19.9 Å². The maximum atomic E-state index is 12.3. The average molecular weight is 336 g/mol. The van der Waals surface area contributed by atoms with E-state index in [0.29, 0.717) is 17.9 Å². The van der Waals surface area contributed by atoms with Crippen LogP contribution in [0.15, 0.2) is 24.3 Å². The summed E-state index contributed by atoms with van der Waals surface area (Å²) in [4.78, 5) is 24.6. The van der Waals surface area contributed by atoms with E-state index in [1.54, 1.807) is 39.0 Å². The van der Waals surface area contributed by atoms with Crippen molar-refractivity contribution in [2.24, 2.45) is 5.92 Å². The quantitative estimate of drug-likeness (QED) is 0.779. The number of ether oxygens (including phenoxy) is 2. The number of carbonyl (C=O) groups is 2. The number of methoxy groups -OCH3 is 1. The Morgan fingerprint density at radius 2 is 1.79 bits per heavy atom. The first-order valence-corrected chi connectivity index (χ1v) is 8.05. The zero-order chi connectivity index (χ0) is 18.3. The summed E-state index contributed by atoms with van der Waals surface area (Å²) in [5.41, 5.74) is -0.0717. The highest BCUT2D eigenvalue weighted by Crippen LogP contribution is 2.23. The highest BCUT2D eigenvalue weighted by Gasteiger charge is 2.27. The third-order valence-corrected chi connectivity index (χ3v) is 3.06. The molecule has 2 N–H and O–H groups in total. The molecule has 0 aromatic heterocycles. The Kier molecular flexibility index (Phi) is 7.07. The molecule has 0 bridgehead atoms. The summed E-state index contributed by atoms with van der Waals surface area (Å²) in [6.07, 6.45) is 0.494. The van der Waals surface area contributed by atoms with Gasteiger partial charge in [0.25, 0.3) is 0 Å². The minimum Gasteiger partial charge on any atom is -0.495 e. The molecule has 1 aromatic carbocycles. The van der Waals surface area contributed by atoms with Crippen molar-refractivity contribution in [1.82, 2.24) is 5.32 Å². The molecule has 0 heterocycles. The molecule has 1 atom stereocenters. The van der Waals surface area contributed by atoms with Gasteiger partial charge in [0.15, 0.2) is 0 Å². The van der Waals surface area contributed by atoms with E-state index in [4.69, 9.17) is 9.47 Å². The lowest BCUT2D eigenvalue weighted by Gasteiger charge is -2.25. The van der Waals surface area contributed by atoms with Gasteiger partial charge in [0.1, 0.15) is 17.4 Å². The third-order valence-electron chi connectivity index (χ3n) is 3.06. The monoisotopic (exact) mass is 336 g/mol. The van der Waals surface area contributed by atoms with Crippen molar-refractivity contribution in [3.05, 3.63) is 24.3 Å². The Morgan fingerprint density at radius 3 is 2.33 bits per heavy atom. The van der Waals surface area contributed by atoms with Gasteiger partial charge in [-0.3, -0.25) is 0 Å². The maximum Gasteiger partial charge on any atom is 0.329 e. The molecule has 2 amide bonds. The van der Waals surface area contributed by atoms with Gasteiger partial charge in [0.2, 0.25) is 0 Å². The minimum absolute atomic E-state index is 0.231. The van der Waals surface area contributed by atoms with Crippen LogP contribution in [0.25, 0.3) is 0 Å². The van der Waals surface area contributed by atoms with Gasteiger partial charge in [0, 0.05) is 0 Å². The van der Waals surface area contributed by atoms with Crippen LogP contribution in [0.4, 0.5) is 10.5 Å². The van der Waals surface area contributed by atoms with E-state index in [-0.39, 0.29) is 5.92 Å². The van der Waals surface area contributed by atoms with Gasteiger partial charge in [-0.15, -0.1) is 0 Å². The van der Waals surface area contributed by atoms with Crippen molar-refractivity contribution in [2.45, 2.75) is 52.7 Å². The summed E-state index contributed by atoms with van der Waals surface area (Å²) >= 11 is 0. The van der Waals surface area contributed by atoms with Crippen LogP contribution in [0.1, 0.15) is 41.0 Å². The Labute approximate surface area is 143 Å². The molecule has 0 saturated carbocycles. The number of nitrogens with one attached hydrogen (secondary N) is 2. The second-order valence-corrected chi connectivity index (χ2v) is 7.01. The zero-order valence-electron chi connectivity index (χ0n) is 15.3. The molecule has 0 radical (unpaired) electrons. The van der Waals surface area contributed by atoms with Gasteiger partial charge in [-0.2, -0.15) is 0 Å². The van der Waals surface area contributed by atoms with Crippen LogP contribution >= 0.6 is 0 Å². The predicted octanol–water partition coefficient (Wildman–Crippen LogP) is 3.57. The topological polar surface area (TPSA) is 76.7 Å². The molecule has 0 unspecified atom stereocenters. The van der Waals surface area contributed by atoms with Gasteiger partial charge in [-0.05, 0) is 45.2 Å². The first-order valence-electron chi connectivity index (χ1n) is 8.05. The van der Waals surface area contributed by atoms with E-state index in [1.165, 1.54) is 7.11 Å². The van der Waals surface area contributed by atoms with Crippen molar-refractivity contribution in [2.75, 3.05) is 12.4 Å². The Balaban J connectivity index is 2.78. The average Bonchev–Trinajstić information content (AvgIpc) is 2.44. The van der Waals surface area contributed by atoms with Gasteiger partial charge >= 0.3 is 12.0 Å². The number of urea groups is 1. The van der Waals surface area contributed by atoms with Crippen molar-refractivity contribution < 1.29 is 19.1 Å². The lowest BCUT2D eigenvalue weighted by atomic mass is 10.0. The number of hydrogen-bond donors (Lipinski definition) is 2. The molecule has 1 rings (SSSR count). The fraction of sp³-hybridized carbons (Fsp3) is 0.556. The molecule has 1 aromatic rings. The fourth-order valence-electron chi connectivity index (χ4n) is 2.12. The number of benzene rings is 1. The normalized spacial score (nSPS) is 12.5. The Bertz CT molecular complexity index is 564. The lowest BCUT2D eigenvalue weighted by molar-refractivity contribution is -0.157. The third kappa shape index (κ3) is 6.89. The Morgan fingerprint density at radius 1 is 1.17 bits per heavy atom. The summed E-state index contributed by atoms with van der Waals surface area (Å²) < 4.78 is 10.6. The molecular weight excluding hydrogens is 308 g/mol. The second kappa shape index (κ2) is 8.57. The first kappa shape index (κ1) is 19.8. The standard InChI is InChI=1S/C18H28N2O4/c1-12(2)11-14(16(21)24-18(3,4)5)20-17(22)19-13-9-7-8-10-15(13)23-6/h7-10,12,14H,11H2,1-6H3,(H2,19,20,22)/t14-/m1/s1.